The van der Waals surface area contributed by atoms with Crippen molar-refractivity contribution in [1.29, 1.82) is 0 Å². The highest BCUT2D eigenvalue weighted by Gasteiger charge is 2.26. The lowest BCUT2D eigenvalue weighted by molar-refractivity contribution is 0.516. The van der Waals surface area contributed by atoms with Crippen LogP contribution in [-0.4, -0.2) is 4.90 Å². The van der Waals surface area contributed by atoms with Crippen LogP contribution < -0.4 is 14.7 Å². The Balaban J connectivity index is 0.928. The van der Waals surface area contributed by atoms with Crippen LogP contribution in [0, 0.1) is 0 Å². The van der Waals surface area contributed by atoms with E-state index in [1.165, 1.54) is 60.9 Å². The summed E-state index contributed by atoms with van der Waals surface area (Å²) in [5.41, 5.74) is 22.0. The van der Waals surface area contributed by atoms with Crippen LogP contribution in [0.2, 0.25) is 0 Å². The number of hydrogen-bond donors (Lipinski definition) is 0. The van der Waals surface area contributed by atoms with Crippen LogP contribution in [0.25, 0.3) is 54.9 Å². The molecule has 0 saturated heterocycles. The average Bonchev–Trinajstić information content (AvgIpc) is 0.780. The number of hydrogen-bond acceptors (Lipinski definition) is 4. The highest BCUT2D eigenvalue weighted by atomic mass is 15.2. The van der Waals surface area contributed by atoms with Crippen LogP contribution in [0.15, 0.2) is 363 Å². The van der Waals surface area contributed by atoms with E-state index in [0.29, 0.717) is 0 Å². The first kappa shape index (κ1) is 55.4. The monoisotopic (exact) mass is 1160 g/mol. The minimum absolute atomic E-state index is 0.194. The third-order valence-corrected chi connectivity index (χ3v) is 17.8. The first-order valence-corrected chi connectivity index (χ1v) is 31.6. The van der Waals surface area contributed by atoms with E-state index >= 15 is 0 Å². The van der Waals surface area contributed by atoms with Crippen molar-refractivity contribution in [2.45, 2.75) is 38.0 Å². The van der Waals surface area contributed by atoms with E-state index in [1.54, 1.807) is 0 Å². The van der Waals surface area contributed by atoms with Gasteiger partial charge < -0.3 is 19.6 Å². The Hall–Kier alpha value is -11.2. The number of allylic oxidation sites excluding steroid dienone is 10. The Morgan fingerprint density at radius 2 is 0.733 bits per heavy atom. The van der Waals surface area contributed by atoms with Gasteiger partial charge in [0.25, 0.3) is 0 Å². The highest BCUT2D eigenvalue weighted by Crippen LogP contribution is 2.50. The molecular weight excluding hydrogens is 1090 g/mol. The zero-order chi connectivity index (χ0) is 60.0. The van der Waals surface area contributed by atoms with E-state index in [9.17, 15) is 0 Å². The van der Waals surface area contributed by atoms with E-state index in [0.717, 1.165) is 100.0 Å². The van der Waals surface area contributed by atoms with Crippen molar-refractivity contribution in [3.05, 3.63) is 369 Å². The number of anilines is 9. The van der Waals surface area contributed by atoms with Crippen molar-refractivity contribution in [3.8, 4) is 33.4 Å². The molecule has 0 fully saturated rings. The molecule has 3 aliphatic carbocycles. The Bertz CT molecular complexity index is 4600. The molecule has 0 aliphatic heterocycles. The van der Waals surface area contributed by atoms with Crippen LogP contribution in [-0.2, 0) is 0 Å². The molecule has 1 unspecified atom stereocenters. The van der Waals surface area contributed by atoms with Gasteiger partial charge in [0.1, 0.15) is 0 Å². The molecule has 4 heteroatoms. The van der Waals surface area contributed by atoms with Gasteiger partial charge in [0.2, 0.25) is 0 Å². The lowest BCUT2D eigenvalue weighted by atomic mass is 9.83. The molecule has 0 spiro atoms. The van der Waals surface area contributed by atoms with Crippen molar-refractivity contribution >= 4 is 72.7 Å². The summed E-state index contributed by atoms with van der Waals surface area (Å²) in [6, 6.07) is 106. The molecular formula is C86H68N4. The molecule has 0 bridgehead atoms. The summed E-state index contributed by atoms with van der Waals surface area (Å²) in [4.78, 5) is 9.60. The molecule has 0 N–H and O–H groups in total. The molecule has 12 aromatic rings. The first-order chi connectivity index (χ1) is 44.7. The van der Waals surface area contributed by atoms with Crippen molar-refractivity contribution in [1.82, 2.24) is 4.90 Å². The molecule has 0 aromatic heterocycles. The fraction of sp³-hybridized carbons (Fsp3) is 0.0698. The second-order valence-corrected chi connectivity index (χ2v) is 23.4. The molecule has 4 nitrogen and oxygen atoms in total. The van der Waals surface area contributed by atoms with Crippen LogP contribution in [0.5, 0.6) is 0 Å². The number of nitrogens with zero attached hydrogens (tertiary/aromatic N) is 4. The van der Waals surface area contributed by atoms with E-state index in [1.807, 2.05) is 0 Å². The van der Waals surface area contributed by atoms with Gasteiger partial charge in [-0.3, -0.25) is 0 Å². The Morgan fingerprint density at radius 1 is 0.289 bits per heavy atom. The smallest absolute Gasteiger partial charge is 0.0468 e. The maximum Gasteiger partial charge on any atom is 0.0468 e. The van der Waals surface area contributed by atoms with Gasteiger partial charge in [0.15, 0.2) is 0 Å². The molecule has 90 heavy (non-hydrogen) atoms. The van der Waals surface area contributed by atoms with E-state index < -0.39 is 0 Å². The van der Waals surface area contributed by atoms with Gasteiger partial charge in [-0.05, 0) is 226 Å². The number of rotatable bonds is 16. The maximum atomic E-state index is 2.50. The molecule has 3 aliphatic rings. The minimum Gasteiger partial charge on any atom is -0.315 e. The maximum absolute atomic E-state index is 2.50. The summed E-state index contributed by atoms with van der Waals surface area (Å²) in [6.45, 7) is 0. The summed E-state index contributed by atoms with van der Waals surface area (Å²) in [7, 11) is 0. The van der Waals surface area contributed by atoms with Gasteiger partial charge in [-0.25, -0.2) is 0 Å². The second kappa shape index (κ2) is 25.3. The normalized spacial score (nSPS) is 14.4. The fourth-order valence-corrected chi connectivity index (χ4v) is 13.5. The summed E-state index contributed by atoms with van der Waals surface area (Å²) in [6.07, 6.45) is 26.2. The molecule has 0 saturated carbocycles. The van der Waals surface area contributed by atoms with Gasteiger partial charge in [-0.15, -0.1) is 0 Å². The summed E-state index contributed by atoms with van der Waals surface area (Å²) in [5, 5.41) is 4.70. The van der Waals surface area contributed by atoms with Crippen LogP contribution in [0.3, 0.4) is 0 Å². The van der Waals surface area contributed by atoms with Crippen molar-refractivity contribution in [2.24, 2.45) is 0 Å². The highest BCUT2D eigenvalue weighted by molar-refractivity contribution is 6.23. The van der Waals surface area contributed by atoms with Gasteiger partial charge in [0.05, 0.1) is 0 Å². The second-order valence-electron chi connectivity index (χ2n) is 23.4. The Kier molecular flexibility index (Phi) is 15.5. The zero-order valence-corrected chi connectivity index (χ0v) is 50.3. The molecule has 1 atom stereocenters. The SMILES string of the molecule is C1=CCCC(N(C2=CCCC=C2)C2=CCC(c3cccc(-c4c5ccc(N(c6ccccc6)c6ccccc6)cc5c(-c5cccc(-c6ccc(N(c7ccccc7)c7ccccc7)cc6)c5)c5ccc(N(c6ccccc6)c6ccccc6)cc45)c3)C=C2)=C1. The predicted octanol–water partition coefficient (Wildman–Crippen LogP) is 24.1. The van der Waals surface area contributed by atoms with E-state index in [4.69, 9.17) is 0 Å². The van der Waals surface area contributed by atoms with Crippen LogP contribution in [0.1, 0.15) is 43.6 Å². The number of para-hydroxylation sites is 6. The van der Waals surface area contributed by atoms with Crippen molar-refractivity contribution < 1.29 is 0 Å². The fourth-order valence-electron chi connectivity index (χ4n) is 13.5. The largest absolute Gasteiger partial charge is 0.315 e. The first-order valence-electron chi connectivity index (χ1n) is 31.6. The van der Waals surface area contributed by atoms with E-state index in [2.05, 4.69) is 365 Å². The third kappa shape index (κ3) is 11.2. The number of benzene rings is 12. The Labute approximate surface area is 529 Å². The van der Waals surface area contributed by atoms with Crippen LogP contribution in [0.4, 0.5) is 51.2 Å². The van der Waals surface area contributed by atoms with Crippen LogP contribution >= 0.6 is 0 Å². The van der Waals surface area contributed by atoms with Gasteiger partial charge in [-0.2, -0.15) is 0 Å². The third-order valence-electron chi connectivity index (χ3n) is 17.8. The average molecular weight is 1160 g/mol. The van der Waals surface area contributed by atoms with Gasteiger partial charge in [-0.1, -0.05) is 212 Å². The van der Waals surface area contributed by atoms with Gasteiger partial charge in [0, 0.05) is 74.2 Å². The predicted molar refractivity (Wildman–Crippen MR) is 381 cm³/mol. The quantitative estimate of drug-likeness (QED) is 0.0894. The molecule has 15 rings (SSSR count). The van der Waals surface area contributed by atoms with Crippen molar-refractivity contribution in [2.75, 3.05) is 14.7 Å². The summed E-state index contributed by atoms with van der Waals surface area (Å²) in [5.74, 6) is 0.194. The lowest BCUT2D eigenvalue weighted by Gasteiger charge is -2.33. The lowest BCUT2D eigenvalue weighted by Crippen LogP contribution is -2.23. The molecule has 0 radical (unpaired) electrons. The molecule has 0 heterocycles. The molecule has 432 valence electrons. The minimum atomic E-state index is 0.194. The Morgan fingerprint density at radius 3 is 1.19 bits per heavy atom. The standard InChI is InChI=1S/C86H68N4/c1-9-31-69(32-10-1)87(70-33-11-2-12-34-70)77-51-47-63(48-52-77)65-27-25-29-67(59-65)85-81-57-55-80(90(75-43-21-7-22-44-75)76-45-23-8-24-46-76)62-84(81)86(82-58-56-79(61-83(82)85)89(73-39-17-5-18-40-73)74-41-19-6-20-42-74)68-30-26-28-66(60-68)64-49-53-78(54-50-64)88(71-35-13-3-14-36-71)72-37-15-4-16-38-72/h1-3,5-13,15,17-35,37-49,51-62,64H,4,14,16,36,50H2. The molecule has 12 aromatic carbocycles. The molecule has 0 amide bonds. The topological polar surface area (TPSA) is 13.0 Å². The number of fused-ring (bicyclic) bond motifs is 2. The van der Waals surface area contributed by atoms with Gasteiger partial charge >= 0.3 is 0 Å². The van der Waals surface area contributed by atoms with Crippen molar-refractivity contribution in [3.63, 3.8) is 0 Å². The zero-order valence-electron chi connectivity index (χ0n) is 50.3. The summed E-state index contributed by atoms with van der Waals surface area (Å²) < 4.78 is 0. The summed E-state index contributed by atoms with van der Waals surface area (Å²) >= 11 is 0. The van der Waals surface area contributed by atoms with E-state index in [-0.39, 0.29) is 5.92 Å².